The van der Waals surface area contributed by atoms with Gasteiger partial charge in [0.25, 0.3) is 0 Å². The van der Waals surface area contributed by atoms with Gasteiger partial charge in [0.05, 0.1) is 24.9 Å². The van der Waals surface area contributed by atoms with Crippen molar-refractivity contribution in [1.82, 2.24) is 10.3 Å². The van der Waals surface area contributed by atoms with Crippen molar-refractivity contribution in [1.29, 1.82) is 0 Å². The van der Waals surface area contributed by atoms with Gasteiger partial charge in [-0.05, 0) is 31.5 Å². The van der Waals surface area contributed by atoms with Crippen LogP contribution in [0.25, 0.3) is 0 Å². The van der Waals surface area contributed by atoms with Gasteiger partial charge in [-0.2, -0.15) is 0 Å². The van der Waals surface area contributed by atoms with Crippen LogP contribution in [0.1, 0.15) is 45.2 Å². The van der Waals surface area contributed by atoms with E-state index in [1.807, 2.05) is 19.2 Å². The molecule has 0 bridgehead atoms. The summed E-state index contributed by atoms with van der Waals surface area (Å²) < 4.78 is 11.1. The standard InChI is InChI=1S/C15H26N2O2/c1-5-8-14(18-4)15(17-6-2)12-9-13(19-7-3)11-16-10-12/h9-11,14-15,17H,5-8H2,1-4H3. The first kappa shape index (κ1) is 15.9. The first-order chi connectivity index (χ1) is 9.26. The summed E-state index contributed by atoms with van der Waals surface area (Å²) in [5, 5.41) is 3.48. The van der Waals surface area contributed by atoms with E-state index in [1.54, 1.807) is 13.3 Å². The lowest BCUT2D eigenvalue weighted by molar-refractivity contribution is 0.0609. The normalized spacial score (nSPS) is 14.1. The fourth-order valence-corrected chi connectivity index (χ4v) is 2.24. The zero-order valence-corrected chi connectivity index (χ0v) is 12.5. The molecule has 0 aliphatic rings. The molecule has 4 nitrogen and oxygen atoms in total. The largest absolute Gasteiger partial charge is 0.492 e. The van der Waals surface area contributed by atoms with E-state index in [1.165, 1.54) is 0 Å². The molecule has 1 aromatic rings. The topological polar surface area (TPSA) is 43.4 Å². The highest BCUT2D eigenvalue weighted by Crippen LogP contribution is 2.24. The predicted octanol–water partition coefficient (Wildman–Crippen LogP) is 2.95. The lowest BCUT2D eigenvalue weighted by Gasteiger charge is -2.27. The third kappa shape index (κ3) is 4.80. The summed E-state index contributed by atoms with van der Waals surface area (Å²) in [6.07, 6.45) is 5.91. The zero-order chi connectivity index (χ0) is 14.1. The summed E-state index contributed by atoms with van der Waals surface area (Å²) in [7, 11) is 1.77. The molecule has 19 heavy (non-hydrogen) atoms. The number of ether oxygens (including phenoxy) is 2. The molecule has 1 aromatic heterocycles. The number of nitrogens with zero attached hydrogens (tertiary/aromatic N) is 1. The summed E-state index contributed by atoms with van der Waals surface area (Å²) in [5.41, 5.74) is 1.12. The molecule has 0 aromatic carbocycles. The molecular formula is C15H26N2O2. The van der Waals surface area contributed by atoms with Crippen molar-refractivity contribution in [2.24, 2.45) is 0 Å². The van der Waals surface area contributed by atoms with Crippen LogP contribution in [-0.2, 0) is 4.74 Å². The zero-order valence-electron chi connectivity index (χ0n) is 12.5. The third-order valence-electron chi connectivity index (χ3n) is 3.08. The minimum Gasteiger partial charge on any atom is -0.492 e. The Balaban J connectivity index is 2.93. The Morgan fingerprint density at radius 3 is 2.63 bits per heavy atom. The molecular weight excluding hydrogens is 240 g/mol. The van der Waals surface area contributed by atoms with Crippen LogP contribution in [0, 0.1) is 0 Å². The van der Waals surface area contributed by atoms with Crippen molar-refractivity contribution in [2.45, 2.75) is 45.8 Å². The van der Waals surface area contributed by atoms with Gasteiger partial charge in [-0.15, -0.1) is 0 Å². The second-order valence-electron chi connectivity index (χ2n) is 4.49. The van der Waals surface area contributed by atoms with E-state index in [0.29, 0.717) is 6.61 Å². The summed E-state index contributed by atoms with van der Waals surface area (Å²) in [5.74, 6) is 0.814. The minimum absolute atomic E-state index is 0.155. The van der Waals surface area contributed by atoms with Gasteiger partial charge in [0.2, 0.25) is 0 Å². The molecule has 0 aliphatic heterocycles. The quantitative estimate of drug-likeness (QED) is 0.746. The first-order valence-electron chi connectivity index (χ1n) is 7.10. The SMILES string of the molecule is CCCC(OC)C(NCC)c1cncc(OCC)c1. The van der Waals surface area contributed by atoms with E-state index in [-0.39, 0.29) is 12.1 Å². The Labute approximate surface area is 116 Å². The average molecular weight is 266 g/mol. The van der Waals surface area contributed by atoms with Crippen LogP contribution < -0.4 is 10.1 Å². The Hall–Kier alpha value is -1.13. The fourth-order valence-electron chi connectivity index (χ4n) is 2.24. The number of nitrogens with one attached hydrogen (secondary N) is 1. The molecule has 0 spiro atoms. The molecule has 0 saturated heterocycles. The molecule has 0 amide bonds. The predicted molar refractivity (Wildman–Crippen MR) is 77.5 cm³/mol. The van der Waals surface area contributed by atoms with Crippen molar-refractivity contribution in [3.8, 4) is 5.75 Å². The highest BCUT2D eigenvalue weighted by atomic mass is 16.5. The maximum Gasteiger partial charge on any atom is 0.137 e. The van der Waals surface area contributed by atoms with E-state index in [2.05, 4.69) is 24.1 Å². The fraction of sp³-hybridized carbons (Fsp3) is 0.667. The number of likely N-dealkylation sites (N-methyl/N-ethyl adjacent to an activating group) is 1. The smallest absolute Gasteiger partial charge is 0.137 e. The highest BCUT2D eigenvalue weighted by molar-refractivity contribution is 5.26. The molecule has 2 atom stereocenters. The lowest BCUT2D eigenvalue weighted by Crippen LogP contribution is -2.33. The maximum atomic E-state index is 5.63. The maximum absolute atomic E-state index is 5.63. The number of rotatable bonds is 9. The van der Waals surface area contributed by atoms with Crippen molar-refractivity contribution in [3.05, 3.63) is 24.0 Å². The van der Waals surface area contributed by atoms with Gasteiger partial charge < -0.3 is 14.8 Å². The van der Waals surface area contributed by atoms with Crippen LogP contribution in [0.3, 0.4) is 0 Å². The van der Waals surface area contributed by atoms with Gasteiger partial charge in [0.15, 0.2) is 0 Å². The van der Waals surface area contributed by atoms with Gasteiger partial charge in [-0.1, -0.05) is 20.3 Å². The highest BCUT2D eigenvalue weighted by Gasteiger charge is 2.22. The van der Waals surface area contributed by atoms with Gasteiger partial charge in [-0.3, -0.25) is 4.98 Å². The molecule has 108 valence electrons. The van der Waals surface area contributed by atoms with Crippen molar-refractivity contribution < 1.29 is 9.47 Å². The van der Waals surface area contributed by atoms with Crippen LogP contribution >= 0.6 is 0 Å². The molecule has 0 saturated carbocycles. The Morgan fingerprint density at radius 1 is 1.26 bits per heavy atom. The van der Waals surface area contributed by atoms with E-state index in [0.717, 1.165) is 30.7 Å². The van der Waals surface area contributed by atoms with E-state index < -0.39 is 0 Å². The summed E-state index contributed by atoms with van der Waals surface area (Å²) in [6.45, 7) is 7.80. The number of aromatic nitrogens is 1. The lowest BCUT2D eigenvalue weighted by atomic mass is 9.99. The second-order valence-corrected chi connectivity index (χ2v) is 4.49. The number of hydrogen-bond acceptors (Lipinski definition) is 4. The molecule has 0 fully saturated rings. The molecule has 0 aliphatic carbocycles. The van der Waals surface area contributed by atoms with Crippen molar-refractivity contribution in [2.75, 3.05) is 20.3 Å². The molecule has 4 heteroatoms. The van der Waals surface area contributed by atoms with Crippen LogP contribution in [0.4, 0.5) is 0 Å². The summed E-state index contributed by atoms with van der Waals surface area (Å²) >= 11 is 0. The van der Waals surface area contributed by atoms with Crippen LogP contribution in [0.15, 0.2) is 18.5 Å². The van der Waals surface area contributed by atoms with Gasteiger partial charge in [0.1, 0.15) is 5.75 Å². The van der Waals surface area contributed by atoms with Gasteiger partial charge in [-0.25, -0.2) is 0 Å². The molecule has 1 rings (SSSR count). The molecule has 0 radical (unpaired) electrons. The molecule has 2 unspecified atom stereocenters. The van der Waals surface area contributed by atoms with Crippen LogP contribution in [0.5, 0.6) is 5.75 Å². The number of hydrogen-bond donors (Lipinski definition) is 1. The minimum atomic E-state index is 0.155. The first-order valence-corrected chi connectivity index (χ1v) is 7.10. The van der Waals surface area contributed by atoms with Crippen molar-refractivity contribution in [3.63, 3.8) is 0 Å². The Bertz CT molecular complexity index is 358. The van der Waals surface area contributed by atoms with E-state index >= 15 is 0 Å². The molecule has 1 N–H and O–H groups in total. The number of methoxy groups -OCH3 is 1. The van der Waals surface area contributed by atoms with E-state index in [4.69, 9.17) is 9.47 Å². The van der Waals surface area contributed by atoms with E-state index in [9.17, 15) is 0 Å². The third-order valence-corrected chi connectivity index (χ3v) is 3.08. The number of pyridine rings is 1. The van der Waals surface area contributed by atoms with Gasteiger partial charge >= 0.3 is 0 Å². The Morgan fingerprint density at radius 2 is 2.05 bits per heavy atom. The van der Waals surface area contributed by atoms with Crippen molar-refractivity contribution >= 4 is 0 Å². The summed E-state index contributed by atoms with van der Waals surface area (Å²) in [4.78, 5) is 4.26. The Kier molecular flexibility index (Phi) is 7.45. The second kappa shape index (κ2) is 8.88. The molecule has 1 heterocycles. The van der Waals surface area contributed by atoms with Crippen LogP contribution in [0.2, 0.25) is 0 Å². The van der Waals surface area contributed by atoms with Gasteiger partial charge in [0, 0.05) is 13.3 Å². The summed E-state index contributed by atoms with van der Waals surface area (Å²) in [6, 6.07) is 2.20. The van der Waals surface area contributed by atoms with Crippen LogP contribution in [-0.4, -0.2) is 31.3 Å². The monoisotopic (exact) mass is 266 g/mol. The average Bonchev–Trinajstić information content (AvgIpc) is 2.43.